The summed E-state index contributed by atoms with van der Waals surface area (Å²) in [5.74, 6) is -0.428. The topological polar surface area (TPSA) is 190 Å². The van der Waals surface area contributed by atoms with Crippen molar-refractivity contribution in [2.75, 3.05) is 12.3 Å². The number of hydrogen-bond acceptors (Lipinski definition) is 11. The van der Waals surface area contributed by atoms with Gasteiger partial charge in [-0.05, 0) is 45.9 Å². The predicted molar refractivity (Wildman–Crippen MR) is 130 cm³/mol. The molecule has 36 heavy (non-hydrogen) atoms. The van der Waals surface area contributed by atoms with Crippen LogP contribution in [0.15, 0.2) is 47.4 Å². The molecule has 6 N–H and O–H groups in total. The van der Waals surface area contributed by atoms with Crippen LogP contribution in [-0.2, 0) is 23.4 Å². The molecule has 1 fully saturated rings. The zero-order valence-electron chi connectivity index (χ0n) is 20.4. The lowest BCUT2D eigenvalue weighted by atomic mass is 9.93. The number of anilines is 1. The van der Waals surface area contributed by atoms with Crippen molar-refractivity contribution >= 4 is 19.5 Å². The molecule has 13 nitrogen and oxygen atoms in total. The van der Waals surface area contributed by atoms with Crippen LogP contribution in [0, 0.1) is 0 Å². The largest absolute Gasteiger partial charge is 0.462 e. The smallest absolute Gasteiger partial charge is 0.459 e. The summed E-state index contributed by atoms with van der Waals surface area (Å²) in [5, 5.41) is 13.4. The third-order valence-electron chi connectivity index (χ3n) is 5.36. The van der Waals surface area contributed by atoms with Gasteiger partial charge >= 0.3 is 19.4 Å². The Bertz CT molecular complexity index is 1160. The Morgan fingerprint density at radius 3 is 2.58 bits per heavy atom. The predicted octanol–water partition coefficient (Wildman–Crippen LogP) is 0.935. The maximum absolute atomic E-state index is 13.6. The lowest BCUT2D eigenvalue weighted by Crippen LogP contribution is -2.53. The molecule has 0 saturated carbocycles. The Hall–Kier alpha value is -2.80. The number of carbonyl (C=O) groups excluding carboxylic acids is 1. The monoisotopic (exact) mass is 525 g/mol. The van der Waals surface area contributed by atoms with Crippen molar-refractivity contribution in [1.29, 1.82) is 0 Å². The fraction of sp³-hybridized carbons (Fsp3) is 0.500. The SMILES string of the molecule is CC(C)OC(=O)[C@@H](C)NP(=O)(OC[C@H]1O[C@@H](n2ccc(N)nc2=O)[C@](C)(N)[C@@H]1O)Oc1ccccc1. The van der Waals surface area contributed by atoms with Crippen molar-refractivity contribution in [1.82, 2.24) is 14.6 Å². The first kappa shape index (κ1) is 27.8. The highest BCUT2D eigenvalue weighted by Gasteiger charge is 2.52. The van der Waals surface area contributed by atoms with Gasteiger partial charge < -0.3 is 30.6 Å². The lowest BCUT2D eigenvalue weighted by Gasteiger charge is -2.28. The van der Waals surface area contributed by atoms with Crippen molar-refractivity contribution < 1.29 is 33.0 Å². The number of aromatic nitrogens is 2. The van der Waals surface area contributed by atoms with Gasteiger partial charge in [0.1, 0.15) is 29.8 Å². The number of aliphatic hydroxyl groups is 1. The van der Waals surface area contributed by atoms with E-state index in [4.69, 9.17) is 30.0 Å². The molecule has 1 aromatic carbocycles. The van der Waals surface area contributed by atoms with E-state index in [0.29, 0.717) is 0 Å². The van der Waals surface area contributed by atoms with Crippen molar-refractivity contribution in [2.24, 2.45) is 5.73 Å². The van der Waals surface area contributed by atoms with Gasteiger partial charge in [-0.3, -0.25) is 13.9 Å². The molecule has 0 amide bonds. The van der Waals surface area contributed by atoms with Crippen molar-refractivity contribution in [2.45, 2.75) is 63.8 Å². The lowest BCUT2D eigenvalue weighted by molar-refractivity contribution is -0.149. The zero-order chi connectivity index (χ0) is 26.7. The summed E-state index contributed by atoms with van der Waals surface area (Å²) < 4.78 is 36.9. The Morgan fingerprint density at radius 2 is 1.97 bits per heavy atom. The standard InChI is InChI=1S/C22H32N5O8P/c1-13(2)33-19(29)14(3)26-36(31,35-15-8-6-5-7-9-15)32-12-16-18(28)22(4,24)20(34-16)27-11-10-17(23)25-21(27)30/h5-11,13-14,16,18,20,28H,12,24H2,1-4H3,(H,26,31)(H2,23,25,30)/t14-,16-,18-,20-,22-,36?/m1/s1. The number of nitrogen functional groups attached to an aromatic ring is 1. The van der Waals surface area contributed by atoms with E-state index < -0.39 is 56.0 Å². The number of nitrogens with one attached hydrogen (secondary N) is 1. The molecule has 14 heteroatoms. The molecule has 0 spiro atoms. The molecule has 1 unspecified atom stereocenters. The molecule has 6 atom stereocenters. The Labute approximate surface area is 208 Å². The first-order valence-corrected chi connectivity index (χ1v) is 12.8. The summed E-state index contributed by atoms with van der Waals surface area (Å²) in [4.78, 5) is 28.3. The minimum atomic E-state index is -4.20. The molecule has 0 bridgehead atoms. The van der Waals surface area contributed by atoms with Crippen LogP contribution >= 0.6 is 7.75 Å². The second-order valence-corrected chi connectivity index (χ2v) is 10.6. The van der Waals surface area contributed by atoms with Crippen molar-refractivity contribution in [3.05, 3.63) is 53.1 Å². The highest BCUT2D eigenvalue weighted by Crippen LogP contribution is 2.46. The highest BCUT2D eigenvalue weighted by molar-refractivity contribution is 7.52. The molecule has 3 rings (SSSR count). The van der Waals surface area contributed by atoms with Crippen LogP contribution < -0.4 is 26.8 Å². The molecule has 1 saturated heterocycles. The number of carbonyl (C=O) groups is 1. The number of esters is 1. The zero-order valence-corrected chi connectivity index (χ0v) is 21.3. The molecule has 2 aromatic rings. The van der Waals surface area contributed by atoms with E-state index in [1.165, 1.54) is 26.1 Å². The molecule has 1 aliphatic rings. The van der Waals surface area contributed by atoms with Crippen molar-refractivity contribution in [3.8, 4) is 5.75 Å². The van der Waals surface area contributed by atoms with Crippen LogP contribution in [0.4, 0.5) is 5.82 Å². The summed E-state index contributed by atoms with van der Waals surface area (Å²) in [6.07, 6.45) is -2.60. The van der Waals surface area contributed by atoms with Crippen LogP contribution in [-0.4, -0.2) is 57.1 Å². The number of ether oxygens (including phenoxy) is 2. The van der Waals surface area contributed by atoms with Gasteiger partial charge in [0, 0.05) is 6.20 Å². The van der Waals surface area contributed by atoms with Gasteiger partial charge in [0.05, 0.1) is 18.2 Å². The average molecular weight is 525 g/mol. The van der Waals surface area contributed by atoms with E-state index in [1.807, 2.05) is 0 Å². The van der Waals surface area contributed by atoms with E-state index in [2.05, 4.69) is 10.1 Å². The highest BCUT2D eigenvalue weighted by atomic mass is 31.2. The van der Waals surface area contributed by atoms with Crippen LogP contribution in [0.3, 0.4) is 0 Å². The normalized spacial score (nSPS) is 26.4. The molecule has 0 radical (unpaired) electrons. The maximum atomic E-state index is 13.6. The first-order valence-electron chi connectivity index (χ1n) is 11.3. The van der Waals surface area contributed by atoms with E-state index >= 15 is 0 Å². The molecule has 2 heterocycles. The number of benzene rings is 1. The molecule has 0 aliphatic carbocycles. The van der Waals surface area contributed by atoms with Crippen LogP contribution in [0.1, 0.15) is 33.9 Å². The quantitative estimate of drug-likeness (QED) is 0.254. The van der Waals surface area contributed by atoms with Gasteiger partial charge in [-0.25, -0.2) is 9.36 Å². The number of nitrogens with two attached hydrogens (primary N) is 2. The third kappa shape index (κ3) is 6.49. The fourth-order valence-electron chi connectivity index (χ4n) is 3.54. The Balaban J connectivity index is 1.79. The number of para-hydroxylation sites is 1. The molecule has 1 aliphatic heterocycles. The minimum Gasteiger partial charge on any atom is -0.462 e. The van der Waals surface area contributed by atoms with Gasteiger partial charge in [0.2, 0.25) is 0 Å². The summed E-state index contributed by atoms with van der Waals surface area (Å²) in [7, 11) is -4.20. The van der Waals surface area contributed by atoms with E-state index in [9.17, 15) is 19.3 Å². The second kappa shape index (κ2) is 11.1. The van der Waals surface area contributed by atoms with E-state index in [1.54, 1.807) is 44.2 Å². The van der Waals surface area contributed by atoms with Gasteiger partial charge in [-0.15, -0.1) is 0 Å². The summed E-state index contributed by atoms with van der Waals surface area (Å²) >= 11 is 0. The maximum Gasteiger partial charge on any atom is 0.459 e. The second-order valence-electron chi connectivity index (χ2n) is 8.91. The van der Waals surface area contributed by atoms with Gasteiger partial charge in [0.25, 0.3) is 0 Å². The number of rotatable bonds is 10. The third-order valence-corrected chi connectivity index (χ3v) is 7.01. The minimum absolute atomic E-state index is 0.0172. The summed E-state index contributed by atoms with van der Waals surface area (Å²) in [6.45, 7) is 5.85. The fourth-order valence-corrected chi connectivity index (χ4v) is 5.04. The Morgan fingerprint density at radius 1 is 1.31 bits per heavy atom. The first-order chi connectivity index (χ1) is 16.8. The Kier molecular flexibility index (Phi) is 8.55. The van der Waals surface area contributed by atoms with Crippen LogP contribution in [0.5, 0.6) is 5.75 Å². The molecular weight excluding hydrogens is 493 g/mol. The van der Waals surface area contributed by atoms with E-state index in [0.717, 1.165) is 4.57 Å². The molecule has 198 valence electrons. The van der Waals surface area contributed by atoms with Gasteiger partial charge in [0.15, 0.2) is 6.23 Å². The molecular formula is C22H32N5O8P. The number of nitrogens with zero attached hydrogens (tertiary/aromatic N) is 2. The number of aliphatic hydroxyl groups excluding tert-OH is 1. The van der Waals surface area contributed by atoms with Crippen LogP contribution in [0.2, 0.25) is 0 Å². The average Bonchev–Trinajstić information content (AvgIpc) is 3.01. The van der Waals surface area contributed by atoms with Crippen LogP contribution in [0.25, 0.3) is 0 Å². The van der Waals surface area contributed by atoms with E-state index in [-0.39, 0.29) is 17.7 Å². The van der Waals surface area contributed by atoms with Crippen molar-refractivity contribution in [3.63, 3.8) is 0 Å². The summed E-state index contributed by atoms with van der Waals surface area (Å²) in [6, 6.07) is 8.54. The summed E-state index contributed by atoms with van der Waals surface area (Å²) in [5.41, 5.74) is 9.68. The van der Waals surface area contributed by atoms with Gasteiger partial charge in [-0.1, -0.05) is 18.2 Å². The molecule has 1 aromatic heterocycles. The number of hydrogen-bond donors (Lipinski definition) is 4. The van der Waals surface area contributed by atoms with Gasteiger partial charge in [-0.2, -0.15) is 10.1 Å².